The van der Waals surface area contributed by atoms with Crippen molar-refractivity contribution in [3.05, 3.63) is 24.8 Å². The summed E-state index contributed by atoms with van der Waals surface area (Å²) < 4.78 is 0. The highest BCUT2D eigenvalue weighted by Gasteiger charge is 2.49. The summed E-state index contributed by atoms with van der Waals surface area (Å²) in [6, 6.07) is 1.64. The monoisotopic (exact) mass is 374 g/mol. The average Bonchev–Trinajstić information content (AvgIpc) is 2.97. The second-order valence-corrected chi connectivity index (χ2v) is 8.02. The predicted molar refractivity (Wildman–Crippen MR) is 107 cm³/mol. The van der Waals surface area contributed by atoms with Gasteiger partial charge in [0.1, 0.15) is 0 Å². The van der Waals surface area contributed by atoms with E-state index < -0.39 is 0 Å². The van der Waals surface area contributed by atoms with Crippen LogP contribution in [0.3, 0.4) is 0 Å². The first-order valence-electron chi connectivity index (χ1n) is 10.4. The Morgan fingerprint density at radius 2 is 2.00 bits per heavy atom. The zero-order valence-corrected chi connectivity index (χ0v) is 16.8. The van der Waals surface area contributed by atoms with Crippen LogP contribution in [0.25, 0.3) is 0 Å². The first-order valence-corrected chi connectivity index (χ1v) is 10.4. The third-order valence-corrected chi connectivity index (χ3v) is 6.32. The molecule has 6 nitrogen and oxygen atoms in total. The molecule has 0 aromatic carbocycles. The summed E-state index contributed by atoms with van der Waals surface area (Å²) in [5.74, 6) is 0.188. The third-order valence-electron chi connectivity index (χ3n) is 6.32. The van der Waals surface area contributed by atoms with Crippen molar-refractivity contribution < 1.29 is 9.59 Å². The van der Waals surface area contributed by atoms with Gasteiger partial charge in [-0.2, -0.15) is 0 Å². The molecule has 2 amide bonds. The summed E-state index contributed by atoms with van der Waals surface area (Å²) in [6.07, 6.45) is 9.34. The van der Waals surface area contributed by atoms with Gasteiger partial charge in [-0.1, -0.05) is 19.6 Å². The van der Waals surface area contributed by atoms with Crippen molar-refractivity contribution in [3.8, 4) is 0 Å². The molecular weight excluding hydrogens is 340 g/mol. The fourth-order valence-corrected chi connectivity index (χ4v) is 4.79. The maximum atomic E-state index is 12.5. The van der Waals surface area contributed by atoms with E-state index in [0.29, 0.717) is 24.2 Å². The van der Waals surface area contributed by atoms with Crippen LogP contribution in [0.15, 0.2) is 24.8 Å². The first kappa shape index (κ1) is 20.1. The first-order chi connectivity index (χ1) is 13.0. The second-order valence-electron chi connectivity index (χ2n) is 8.02. The Hall–Kier alpha value is -1.66. The lowest BCUT2D eigenvalue weighted by Crippen LogP contribution is -2.64. The Morgan fingerprint density at radius 3 is 2.74 bits per heavy atom. The fraction of sp³-hybridized carbons (Fsp3) is 0.714. The fourth-order valence-electron chi connectivity index (χ4n) is 4.79. The van der Waals surface area contributed by atoms with Gasteiger partial charge in [0, 0.05) is 44.3 Å². The van der Waals surface area contributed by atoms with Crippen LogP contribution in [0.4, 0.5) is 0 Å². The Kier molecular flexibility index (Phi) is 6.71. The number of hydrogen-bond donors (Lipinski definition) is 1. The van der Waals surface area contributed by atoms with Crippen LogP contribution in [0, 0.1) is 0 Å². The van der Waals surface area contributed by atoms with Crippen LogP contribution in [0.2, 0.25) is 0 Å². The number of amides is 2. The Morgan fingerprint density at radius 1 is 1.19 bits per heavy atom. The minimum absolute atomic E-state index is 0.0534. The van der Waals surface area contributed by atoms with Crippen molar-refractivity contribution in [1.82, 2.24) is 20.0 Å². The van der Waals surface area contributed by atoms with Crippen molar-refractivity contribution >= 4 is 11.8 Å². The molecule has 27 heavy (non-hydrogen) atoms. The molecule has 3 aliphatic rings. The zero-order chi connectivity index (χ0) is 19.4. The number of piperidine rings is 1. The largest absolute Gasteiger partial charge is 0.338 e. The van der Waals surface area contributed by atoms with Crippen LogP contribution in [0.1, 0.15) is 39.5 Å². The Bertz CT molecular complexity index is 589. The van der Waals surface area contributed by atoms with Crippen LogP contribution < -0.4 is 5.32 Å². The molecule has 0 saturated carbocycles. The molecule has 3 heterocycles. The highest BCUT2D eigenvalue weighted by atomic mass is 16.2. The van der Waals surface area contributed by atoms with Gasteiger partial charge in [-0.15, -0.1) is 0 Å². The van der Waals surface area contributed by atoms with E-state index in [1.165, 1.54) is 6.08 Å². The van der Waals surface area contributed by atoms with Gasteiger partial charge in [0.2, 0.25) is 11.8 Å². The summed E-state index contributed by atoms with van der Waals surface area (Å²) in [5, 5.41) is 3.45. The van der Waals surface area contributed by atoms with Crippen molar-refractivity contribution in [1.29, 1.82) is 0 Å². The molecule has 0 bridgehead atoms. The zero-order valence-electron chi connectivity index (χ0n) is 16.8. The Labute approximate surface area is 163 Å². The van der Waals surface area contributed by atoms with Crippen LogP contribution in [-0.4, -0.2) is 83.4 Å². The van der Waals surface area contributed by atoms with Gasteiger partial charge in [0.15, 0.2) is 0 Å². The smallest absolute Gasteiger partial charge is 0.246 e. The standard InChI is InChI=1S/C21H34N4O2/c1-4-20(26)24-13-11-18-19(24)15-25(18)16(3)8-6-10-21(27)23-12-7-9-17(14-23)22-5-2/h4,6,10,16-19,22H,1,5,7-9,11-15H2,2-3H3/b10-6+. The van der Waals surface area contributed by atoms with E-state index in [1.807, 2.05) is 15.9 Å². The number of carbonyl (C=O) groups is 2. The Balaban J connectivity index is 1.43. The molecule has 4 unspecified atom stereocenters. The molecule has 0 spiro atoms. The molecule has 6 heteroatoms. The van der Waals surface area contributed by atoms with Gasteiger partial charge in [0.05, 0.1) is 6.04 Å². The van der Waals surface area contributed by atoms with Gasteiger partial charge < -0.3 is 15.1 Å². The second kappa shape index (κ2) is 9.02. The van der Waals surface area contributed by atoms with Crippen LogP contribution >= 0.6 is 0 Å². The molecule has 3 fully saturated rings. The number of hydrogen-bond acceptors (Lipinski definition) is 4. The maximum Gasteiger partial charge on any atom is 0.246 e. The van der Waals surface area contributed by atoms with E-state index in [9.17, 15) is 9.59 Å². The van der Waals surface area contributed by atoms with Crippen molar-refractivity contribution in [2.45, 2.75) is 63.7 Å². The number of likely N-dealkylation sites (tertiary alicyclic amines) is 3. The van der Waals surface area contributed by atoms with Gasteiger partial charge in [0.25, 0.3) is 0 Å². The molecule has 0 radical (unpaired) electrons. The van der Waals surface area contributed by atoms with Crippen LogP contribution in [-0.2, 0) is 9.59 Å². The number of carbonyl (C=O) groups excluding carboxylic acids is 2. The van der Waals surface area contributed by atoms with E-state index in [0.717, 1.165) is 58.4 Å². The molecule has 0 aromatic heterocycles. The third kappa shape index (κ3) is 4.43. The molecule has 3 aliphatic heterocycles. The van der Waals surface area contributed by atoms with Gasteiger partial charge in [-0.05, 0) is 51.3 Å². The number of fused-ring (bicyclic) bond motifs is 1. The quantitative estimate of drug-likeness (QED) is 0.685. The summed E-state index contributed by atoms with van der Waals surface area (Å²) >= 11 is 0. The van der Waals surface area contributed by atoms with Gasteiger partial charge in [-0.3, -0.25) is 14.5 Å². The summed E-state index contributed by atoms with van der Waals surface area (Å²) in [4.78, 5) is 30.7. The van der Waals surface area contributed by atoms with Gasteiger partial charge in [-0.25, -0.2) is 0 Å². The molecule has 0 aromatic rings. The number of rotatable bonds is 7. The van der Waals surface area contributed by atoms with E-state index in [2.05, 4.69) is 30.6 Å². The lowest BCUT2D eigenvalue weighted by atomic mass is 9.93. The van der Waals surface area contributed by atoms with Crippen molar-refractivity contribution in [2.75, 3.05) is 32.7 Å². The van der Waals surface area contributed by atoms with E-state index in [4.69, 9.17) is 0 Å². The lowest BCUT2D eigenvalue weighted by molar-refractivity contribution is -0.131. The molecule has 3 saturated heterocycles. The van der Waals surface area contributed by atoms with E-state index >= 15 is 0 Å². The summed E-state index contributed by atoms with van der Waals surface area (Å²) in [6.45, 7) is 12.3. The summed E-state index contributed by atoms with van der Waals surface area (Å²) in [7, 11) is 0. The average molecular weight is 375 g/mol. The van der Waals surface area contributed by atoms with Gasteiger partial charge >= 0.3 is 0 Å². The minimum Gasteiger partial charge on any atom is -0.338 e. The molecule has 3 rings (SSSR count). The lowest BCUT2D eigenvalue weighted by Gasteiger charge is -2.49. The van der Waals surface area contributed by atoms with Crippen molar-refractivity contribution in [2.24, 2.45) is 0 Å². The molecule has 150 valence electrons. The minimum atomic E-state index is 0.0534. The van der Waals surface area contributed by atoms with Crippen molar-refractivity contribution in [3.63, 3.8) is 0 Å². The van der Waals surface area contributed by atoms with E-state index in [-0.39, 0.29) is 11.8 Å². The predicted octanol–water partition coefficient (Wildman–Crippen LogP) is 1.39. The SMILES string of the molecule is C=CC(=O)N1CCC2C1CN2C(C)C/C=C/C(=O)N1CCCC(NCC)C1. The summed E-state index contributed by atoms with van der Waals surface area (Å²) in [5.41, 5.74) is 0. The topological polar surface area (TPSA) is 55.9 Å². The molecule has 4 atom stereocenters. The normalized spacial score (nSPS) is 29.5. The number of nitrogens with zero attached hydrogens (tertiary/aromatic N) is 3. The number of nitrogens with one attached hydrogen (secondary N) is 1. The maximum absolute atomic E-state index is 12.5. The molecule has 1 N–H and O–H groups in total. The highest BCUT2D eigenvalue weighted by molar-refractivity contribution is 5.88. The molecule has 0 aliphatic carbocycles. The number of likely N-dealkylation sites (N-methyl/N-ethyl adjacent to an activating group) is 1. The van der Waals surface area contributed by atoms with Crippen LogP contribution in [0.5, 0.6) is 0 Å². The molecular formula is C21H34N4O2. The van der Waals surface area contributed by atoms with E-state index in [1.54, 1.807) is 6.08 Å². The highest BCUT2D eigenvalue weighted by Crippen LogP contribution is 2.34.